The van der Waals surface area contributed by atoms with Gasteiger partial charge in [0.1, 0.15) is 29.5 Å². The highest BCUT2D eigenvalue weighted by molar-refractivity contribution is 6.40. The average molecular weight is 609 g/mol. The maximum atomic E-state index is 13.8. The van der Waals surface area contributed by atoms with Crippen molar-refractivity contribution < 1.29 is 14.3 Å². The molecule has 1 aliphatic heterocycles. The Labute approximate surface area is 254 Å². The van der Waals surface area contributed by atoms with Crippen molar-refractivity contribution in [1.29, 1.82) is 0 Å². The SMILES string of the molecule is COc1ccc(N(C(=O)Nc2c(Cl)cccc2Cl)c2cc(Nc3ccc(N4CCN(C)CC4)cc3)ncn2)c(OC)c1. The van der Waals surface area contributed by atoms with Gasteiger partial charge in [-0.05, 0) is 55.6 Å². The molecule has 4 aromatic rings. The van der Waals surface area contributed by atoms with Gasteiger partial charge in [0, 0.05) is 49.7 Å². The number of likely N-dealkylation sites (N-methyl/N-ethyl adjacent to an activating group) is 1. The topological polar surface area (TPSA) is 95.1 Å². The minimum absolute atomic E-state index is 0.274. The van der Waals surface area contributed by atoms with Crippen molar-refractivity contribution >= 4 is 63.6 Å². The van der Waals surface area contributed by atoms with E-state index in [0.717, 1.165) is 31.9 Å². The Hall–Kier alpha value is -4.25. The van der Waals surface area contributed by atoms with E-state index in [0.29, 0.717) is 33.0 Å². The Balaban J connectivity index is 1.45. The summed E-state index contributed by atoms with van der Waals surface area (Å²) in [6.45, 7) is 4.06. The number of hydrogen-bond donors (Lipinski definition) is 2. The summed E-state index contributed by atoms with van der Waals surface area (Å²) in [5.74, 6) is 1.73. The first kappa shape index (κ1) is 29.2. The second-order valence-electron chi connectivity index (χ2n) is 9.62. The number of halogens is 2. The Morgan fingerprint density at radius 2 is 1.62 bits per heavy atom. The van der Waals surface area contributed by atoms with E-state index in [1.54, 1.807) is 49.6 Å². The summed E-state index contributed by atoms with van der Waals surface area (Å²) in [7, 11) is 5.21. The first-order valence-electron chi connectivity index (χ1n) is 13.3. The number of ether oxygens (including phenoxy) is 2. The Morgan fingerprint density at radius 3 is 2.29 bits per heavy atom. The van der Waals surface area contributed by atoms with Crippen molar-refractivity contribution in [2.45, 2.75) is 0 Å². The van der Waals surface area contributed by atoms with Crippen LogP contribution in [0.3, 0.4) is 0 Å². The third-order valence-electron chi connectivity index (χ3n) is 6.92. The smallest absolute Gasteiger partial charge is 0.332 e. The lowest BCUT2D eigenvalue weighted by Gasteiger charge is -2.34. The zero-order valence-electron chi connectivity index (χ0n) is 23.5. The van der Waals surface area contributed by atoms with E-state index in [1.165, 1.54) is 24.0 Å². The fourth-order valence-corrected chi connectivity index (χ4v) is 5.08. The molecule has 5 rings (SSSR count). The highest BCUT2D eigenvalue weighted by atomic mass is 35.5. The normalized spacial score (nSPS) is 13.4. The van der Waals surface area contributed by atoms with E-state index in [-0.39, 0.29) is 11.5 Å². The van der Waals surface area contributed by atoms with Crippen molar-refractivity contribution in [1.82, 2.24) is 14.9 Å². The molecule has 0 spiro atoms. The zero-order valence-corrected chi connectivity index (χ0v) is 25.0. The summed E-state index contributed by atoms with van der Waals surface area (Å²) in [5, 5.41) is 6.71. The highest BCUT2D eigenvalue weighted by Crippen LogP contribution is 2.38. The molecule has 2 N–H and O–H groups in total. The zero-order chi connectivity index (χ0) is 29.6. The number of piperazine rings is 1. The largest absolute Gasteiger partial charge is 0.497 e. The Morgan fingerprint density at radius 1 is 0.905 bits per heavy atom. The van der Waals surface area contributed by atoms with E-state index in [4.69, 9.17) is 32.7 Å². The van der Waals surface area contributed by atoms with Crippen LogP contribution >= 0.6 is 23.2 Å². The molecule has 2 heterocycles. The number of urea groups is 1. The summed E-state index contributed by atoms with van der Waals surface area (Å²) in [6, 6.07) is 19.4. The van der Waals surface area contributed by atoms with Gasteiger partial charge in [0.2, 0.25) is 0 Å². The quantitative estimate of drug-likeness (QED) is 0.229. The number of benzene rings is 3. The number of anilines is 6. The number of nitrogens with one attached hydrogen (secondary N) is 2. The number of para-hydroxylation sites is 1. The van der Waals surface area contributed by atoms with Crippen molar-refractivity contribution in [3.8, 4) is 11.5 Å². The second-order valence-corrected chi connectivity index (χ2v) is 10.4. The fraction of sp³-hybridized carbons (Fsp3) is 0.233. The van der Waals surface area contributed by atoms with Gasteiger partial charge in [-0.25, -0.2) is 19.7 Å². The third kappa shape index (κ3) is 6.62. The maximum absolute atomic E-state index is 13.8. The Bertz CT molecular complexity index is 1530. The van der Waals surface area contributed by atoms with Crippen LogP contribution in [0.1, 0.15) is 0 Å². The molecule has 1 aromatic heterocycles. The third-order valence-corrected chi connectivity index (χ3v) is 7.55. The molecule has 0 radical (unpaired) electrons. The van der Waals surface area contributed by atoms with Gasteiger partial charge < -0.3 is 29.9 Å². The van der Waals surface area contributed by atoms with E-state index >= 15 is 0 Å². The molecule has 218 valence electrons. The average Bonchev–Trinajstić information content (AvgIpc) is 3.00. The maximum Gasteiger partial charge on any atom is 0.332 e. The minimum atomic E-state index is -0.561. The van der Waals surface area contributed by atoms with Gasteiger partial charge >= 0.3 is 6.03 Å². The van der Waals surface area contributed by atoms with Crippen LogP contribution in [-0.4, -0.2) is 68.3 Å². The van der Waals surface area contributed by atoms with Gasteiger partial charge in [-0.3, -0.25) is 0 Å². The van der Waals surface area contributed by atoms with Crippen LogP contribution < -0.4 is 29.9 Å². The fourth-order valence-electron chi connectivity index (χ4n) is 4.59. The molecule has 0 aliphatic carbocycles. The monoisotopic (exact) mass is 607 g/mol. The molecule has 0 atom stereocenters. The number of methoxy groups -OCH3 is 2. The van der Waals surface area contributed by atoms with Gasteiger partial charge in [0.15, 0.2) is 0 Å². The summed E-state index contributed by atoms with van der Waals surface area (Å²) in [5.41, 5.74) is 2.71. The summed E-state index contributed by atoms with van der Waals surface area (Å²) in [4.78, 5) is 28.7. The van der Waals surface area contributed by atoms with E-state index < -0.39 is 6.03 Å². The van der Waals surface area contributed by atoms with Crippen molar-refractivity contribution in [3.05, 3.63) is 83.1 Å². The first-order valence-corrected chi connectivity index (χ1v) is 14.0. The molecule has 1 saturated heterocycles. The molecule has 12 heteroatoms. The molecule has 0 bridgehead atoms. The van der Waals surface area contributed by atoms with Crippen molar-refractivity contribution in [2.75, 3.05) is 67.9 Å². The van der Waals surface area contributed by atoms with Crippen LogP contribution in [0.25, 0.3) is 0 Å². The standard InChI is InChI=1S/C30H31Cl2N7O3/c1-37-13-15-38(16-14-37)21-9-7-20(8-10-21)35-27-18-28(34-19-33-27)39(25-12-11-22(41-2)17-26(25)42-3)30(40)36-29-23(31)5-4-6-24(29)32/h4-12,17-19H,13-16H2,1-3H3,(H,36,40)(H,33,34,35). The lowest BCUT2D eigenvalue weighted by atomic mass is 10.2. The molecule has 1 aliphatic rings. The van der Waals surface area contributed by atoms with Crippen LogP contribution in [0, 0.1) is 0 Å². The molecule has 0 saturated carbocycles. The van der Waals surface area contributed by atoms with Gasteiger partial charge in [-0.2, -0.15) is 0 Å². The predicted octanol–water partition coefficient (Wildman–Crippen LogP) is 6.67. The van der Waals surface area contributed by atoms with E-state index in [9.17, 15) is 4.79 Å². The molecule has 10 nitrogen and oxygen atoms in total. The van der Waals surface area contributed by atoms with E-state index in [2.05, 4.69) is 49.6 Å². The molecule has 1 fully saturated rings. The number of amides is 2. The number of aromatic nitrogens is 2. The number of carbonyl (C=O) groups excluding carboxylic acids is 1. The molecule has 2 amide bonds. The summed E-state index contributed by atoms with van der Waals surface area (Å²) >= 11 is 12.7. The summed E-state index contributed by atoms with van der Waals surface area (Å²) < 4.78 is 11.0. The molecule has 42 heavy (non-hydrogen) atoms. The molecular formula is C30H31Cl2N7O3. The first-order chi connectivity index (χ1) is 20.4. The Kier molecular flexibility index (Phi) is 9.16. The molecule has 0 unspecified atom stereocenters. The lowest BCUT2D eigenvalue weighted by molar-refractivity contribution is 0.258. The predicted molar refractivity (Wildman–Crippen MR) is 169 cm³/mol. The van der Waals surface area contributed by atoms with E-state index in [1.807, 2.05) is 12.1 Å². The van der Waals surface area contributed by atoms with Crippen LogP contribution in [0.4, 0.5) is 39.2 Å². The van der Waals surface area contributed by atoms with Crippen LogP contribution in [0.5, 0.6) is 11.5 Å². The van der Waals surface area contributed by atoms with Gasteiger partial charge in [-0.1, -0.05) is 29.3 Å². The number of rotatable bonds is 8. The lowest BCUT2D eigenvalue weighted by Crippen LogP contribution is -2.44. The molecular weight excluding hydrogens is 577 g/mol. The van der Waals surface area contributed by atoms with Gasteiger partial charge in [0.05, 0.1) is 35.6 Å². The summed E-state index contributed by atoms with van der Waals surface area (Å²) in [6.07, 6.45) is 1.38. The number of hydrogen-bond acceptors (Lipinski definition) is 8. The van der Waals surface area contributed by atoms with Crippen LogP contribution in [-0.2, 0) is 0 Å². The molecule has 3 aromatic carbocycles. The van der Waals surface area contributed by atoms with Crippen LogP contribution in [0.15, 0.2) is 73.1 Å². The highest BCUT2D eigenvalue weighted by Gasteiger charge is 2.25. The number of carbonyl (C=O) groups is 1. The van der Waals surface area contributed by atoms with Gasteiger partial charge in [-0.15, -0.1) is 0 Å². The van der Waals surface area contributed by atoms with Crippen molar-refractivity contribution in [3.63, 3.8) is 0 Å². The second kappa shape index (κ2) is 13.2. The van der Waals surface area contributed by atoms with Gasteiger partial charge in [0.25, 0.3) is 0 Å². The minimum Gasteiger partial charge on any atom is -0.497 e. The number of nitrogens with zero attached hydrogens (tertiary/aromatic N) is 5. The van der Waals surface area contributed by atoms with Crippen LogP contribution in [0.2, 0.25) is 10.0 Å². The van der Waals surface area contributed by atoms with Crippen molar-refractivity contribution in [2.24, 2.45) is 0 Å².